The molecule has 94 valence electrons. The van der Waals surface area contributed by atoms with Gasteiger partial charge in [0.05, 0.1) is 0 Å². The third kappa shape index (κ3) is 8.26. The molecule has 0 spiro atoms. The van der Waals surface area contributed by atoms with Crippen molar-refractivity contribution in [2.75, 3.05) is 6.54 Å². The third-order valence-corrected chi connectivity index (χ3v) is 2.33. The fraction of sp³-hybridized carbons (Fsp3) is 0.833. The molecule has 0 aliphatic heterocycles. The van der Waals surface area contributed by atoms with Crippen LogP contribution in [0.4, 0.5) is 0 Å². The van der Waals surface area contributed by atoms with Crippen LogP contribution >= 0.6 is 0 Å². The smallest absolute Gasteiger partial charge is 0.303 e. The zero-order valence-corrected chi connectivity index (χ0v) is 10.5. The molecule has 0 aromatic rings. The molecule has 16 heavy (non-hydrogen) atoms. The van der Waals surface area contributed by atoms with Crippen LogP contribution in [0.1, 0.15) is 46.5 Å². The summed E-state index contributed by atoms with van der Waals surface area (Å²) in [6.45, 7) is 6.54. The summed E-state index contributed by atoms with van der Waals surface area (Å²) in [5.41, 5.74) is 0. The predicted molar refractivity (Wildman–Crippen MR) is 63.1 cm³/mol. The third-order valence-electron chi connectivity index (χ3n) is 2.33. The van der Waals surface area contributed by atoms with Gasteiger partial charge in [-0.25, -0.2) is 0 Å². The van der Waals surface area contributed by atoms with E-state index in [1.54, 1.807) is 0 Å². The van der Waals surface area contributed by atoms with Gasteiger partial charge in [0, 0.05) is 19.4 Å². The van der Waals surface area contributed by atoms with Gasteiger partial charge >= 0.3 is 5.97 Å². The lowest BCUT2D eigenvalue weighted by molar-refractivity contribution is -0.138. The summed E-state index contributed by atoms with van der Waals surface area (Å²) in [7, 11) is 0. The summed E-state index contributed by atoms with van der Waals surface area (Å²) in [5, 5.41) is 11.5. The van der Waals surface area contributed by atoms with Crippen molar-refractivity contribution in [1.82, 2.24) is 5.32 Å². The van der Waals surface area contributed by atoms with Gasteiger partial charge in [0.2, 0.25) is 5.91 Å². The largest absolute Gasteiger partial charge is 0.481 e. The van der Waals surface area contributed by atoms with E-state index in [1.165, 1.54) is 0 Å². The highest BCUT2D eigenvalue weighted by molar-refractivity contribution is 5.75. The van der Waals surface area contributed by atoms with Gasteiger partial charge < -0.3 is 10.4 Å². The number of carboxylic acid groups (broad SMARTS) is 1. The average molecular weight is 229 g/mol. The van der Waals surface area contributed by atoms with Crippen molar-refractivity contribution in [3.8, 4) is 0 Å². The predicted octanol–water partition coefficient (Wildman–Crippen LogP) is 2.04. The minimum absolute atomic E-state index is 0.0154. The number of hydrogen-bond acceptors (Lipinski definition) is 2. The minimum atomic E-state index is -0.796. The van der Waals surface area contributed by atoms with Gasteiger partial charge in [-0.05, 0) is 24.7 Å². The molecule has 2 N–H and O–H groups in total. The van der Waals surface area contributed by atoms with Crippen LogP contribution in [0.15, 0.2) is 0 Å². The molecule has 0 aliphatic carbocycles. The van der Waals surface area contributed by atoms with E-state index in [0.717, 1.165) is 12.8 Å². The molecular formula is C12H23NO3. The second kappa shape index (κ2) is 8.13. The van der Waals surface area contributed by atoms with Crippen molar-refractivity contribution < 1.29 is 14.7 Å². The Hall–Kier alpha value is -1.06. The van der Waals surface area contributed by atoms with Crippen molar-refractivity contribution in [2.24, 2.45) is 11.8 Å². The molecular weight excluding hydrogens is 206 g/mol. The molecule has 4 heteroatoms. The number of nitrogens with one attached hydrogen (secondary N) is 1. The van der Waals surface area contributed by atoms with E-state index in [0.29, 0.717) is 18.9 Å². The van der Waals surface area contributed by atoms with Crippen molar-refractivity contribution in [3.63, 3.8) is 0 Å². The molecule has 0 rings (SSSR count). The lowest BCUT2D eigenvalue weighted by atomic mass is 9.94. The molecule has 0 aromatic carbocycles. The quantitative estimate of drug-likeness (QED) is 0.669. The molecule has 1 atom stereocenters. The van der Waals surface area contributed by atoms with Gasteiger partial charge in [0.25, 0.3) is 0 Å². The van der Waals surface area contributed by atoms with Crippen molar-refractivity contribution >= 4 is 11.9 Å². The Labute approximate surface area is 97.4 Å². The molecule has 1 amide bonds. The SMILES string of the molecule is CCCC(=O)NCC(CC(=O)O)CC(C)C. The summed E-state index contributed by atoms with van der Waals surface area (Å²) in [6.07, 6.45) is 2.30. The van der Waals surface area contributed by atoms with Crippen LogP contribution in [-0.2, 0) is 9.59 Å². The summed E-state index contributed by atoms with van der Waals surface area (Å²) >= 11 is 0. The van der Waals surface area contributed by atoms with Gasteiger partial charge in [-0.2, -0.15) is 0 Å². The summed E-state index contributed by atoms with van der Waals surface area (Å²) in [5.74, 6) is -0.289. The first-order chi connectivity index (χ1) is 7.45. The standard InChI is InChI=1S/C12H23NO3/c1-4-5-11(14)13-8-10(6-9(2)3)7-12(15)16/h9-10H,4-8H2,1-3H3,(H,13,14)(H,15,16). The fourth-order valence-electron chi connectivity index (χ4n) is 1.73. The van der Waals surface area contributed by atoms with Crippen LogP contribution in [0.2, 0.25) is 0 Å². The molecule has 0 saturated heterocycles. The van der Waals surface area contributed by atoms with Crippen molar-refractivity contribution in [3.05, 3.63) is 0 Å². The highest BCUT2D eigenvalue weighted by atomic mass is 16.4. The van der Waals surface area contributed by atoms with Crippen LogP contribution in [0.3, 0.4) is 0 Å². The fourth-order valence-corrected chi connectivity index (χ4v) is 1.73. The molecule has 1 unspecified atom stereocenters. The number of aliphatic carboxylic acids is 1. The van der Waals surface area contributed by atoms with Crippen LogP contribution < -0.4 is 5.32 Å². The highest BCUT2D eigenvalue weighted by Gasteiger charge is 2.15. The maximum Gasteiger partial charge on any atom is 0.303 e. The van der Waals surface area contributed by atoms with E-state index in [-0.39, 0.29) is 18.2 Å². The van der Waals surface area contributed by atoms with E-state index in [1.807, 2.05) is 6.92 Å². The van der Waals surface area contributed by atoms with E-state index in [2.05, 4.69) is 19.2 Å². The van der Waals surface area contributed by atoms with Crippen LogP contribution in [-0.4, -0.2) is 23.5 Å². The first-order valence-electron chi connectivity index (χ1n) is 5.94. The number of carbonyl (C=O) groups excluding carboxylic acids is 1. The molecule has 0 fully saturated rings. The van der Waals surface area contributed by atoms with Gasteiger partial charge in [-0.15, -0.1) is 0 Å². The Balaban J connectivity index is 4.00. The first kappa shape index (κ1) is 14.9. The van der Waals surface area contributed by atoms with E-state index in [4.69, 9.17) is 5.11 Å². The monoisotopic (exact) mass is 229 g/mol. The Morgan fingerprint density at radius 2 is 1.94 bits per heavy atom. The second-order valence-corrected chi connectivity index (χ2v) is 4.65. The van der Waals surface area contributed by atoms with Gasteiger partial charge in [0.1, 0.15) is 0 Å². The lowest BCUT2D eigenvalue weighted by Gasteiger charge is -2.17. The Kier molecular flexibility index (Phi) is 7.60. The number of rotatable bonds is 8. The highest BCUT2D eigenvalue weighted by Crippen LogP contribution is 2.14. The Morgan fingerprint density at radius 3 is 2.38 bits per heavy atom. The summed E-state index contributed by atoms with van der Waals surface area (Å²) in [6, 6.07) is 0. The average Bonchev–Trinajstić information content (AvgIpc) is 2.13. The maximum atomic E-state index is 11.3. The van der Waals surface area contributed by atoms with E-state index >= 15 is 0 Å². The van der Waals surface area contributed by atoms with E-state index < -0.39 is 5.97 Å². The molecule has 0 heterocycles. The minimum Gasteiger partial charge on any atom is -0.481 e. The normalized spacial score (nSPS) is 12.5. The van der Waals surface area contributed by atoms with Gasteiger partial charge in [-0.1, -0.05) is 20.8 Å². The molecule has 4 nitrogen and oxygen atoms in total. The van der Waals surface area contributed by atoms with Crippen LogP contribution in [0.5, 0.6) is 0 Å². The molecule has 0 bridgehead atoms. The Bertz CT molecular complexity index is 226. The number of carbonyl (C=O) groups is 2. The van der Waals surface area contributed by atoms with Crippen molar-refractivity contribution in [1.29, 1.82) is 0 Å². The summed E-state index contributed by atoms with van der Waals surface area (Å²) < 4.78 is 0. The first-order valence-corrected chi connectivity index (χ1v) is 5.94. The number of hydrogen-bond donors (Lipinski definition) is 2. The number of carboxylic acids is 1. The lowest BCUT2D eigenvalue weighted by Crippen LogP contribution is -2.30. The van der Waals surface area contributed by atoms with Crippen LogP contribution in [0, 0.1) is 11.8 Å². The maximum absolute atomic E-state index is 11.3. The Morgan fingerprint density at radius 1 is 1.31 bits per heavy atom. The summed E-state index contributed by atoms with van der Waals surface area (Å²) in [4.78, 5) is 21.9. The van der Waals surface area contributed by atoms with Crippen LogP contribution in [0.25, 0.3) is 0 Å². The van der Waals surface area contributed by atoms with E-state index in [9.17, 15) is 9.59 Å². The zero-order valence-electron chi connectivity index (χ0n) is 10.5. The van der Waals surface area contributed by atoms with Gasteiger partial charge in [0.15, 0.2) is 0 Å². The molecule has 0 saturated carbocycles. The second-order valence-electron chi connectivity index (χ2n) is 4.65. The van der Waals surface area contributed by atoms with Crippen molar-refractivity contribution in [2.45, 2.75) is 46.5 Å². The zero-order chi connectivity index (χ0) is 12.6. The molecule has 0 radical (unpaired) electrons. The van der Waals surface area contributed by atoms with Gasteiger partial charge in [-0.3, -0.25) is 9.59 Å². The molecule has 0 aromatic heterocycles. The molecule has 0 aliphatic rings. The number of amides is 1. The topological polar surface area (TPSA) is 66.4 Å².